The Kier molecular flexibility index (Phi) is 5.63. The Bertz CT molecular complexity index is 1130. The Morgan fingerprint density at radius 2 is 1.80 bits per heavy atom. The highest BCUT2D eigenvalue weighted by Gasteiger charge is 2.23. The summed E-state index contributed by atoms with van der Waals surface area (Å²) >= 11 is 0. The van der Waals surface area contributed by atoms with E-state index in [9.17, 15) is 0 Å². The van der Waals surface area contributed by atoms with Gasteiger partial charge in [0.2, 0.25) is 0 Å². The van der Waals surface area contributed by atoms with Crippen molar-refractivity contribution in [1.82, 2.24) is 15.4 Å². The van der Waals surface area contributed by atoms with Gasteiger partial charge in [-0.15, -0.1) is 10.2 Å². The summed E-state index contributed by atoms with van der Waals surface area (Å²) in [4.78, 5) is 1.21. The summed E-state index contributed by atoms with van der Waals surface area (Å²) in [5.41, 5.74) is 4.73. The van der Waals surface area contributed by atoms with Crippen LogP contribution in [0.3, 0.4) is 0 Å². The molecule has 0 aliphatic rings. The first kappa shape index (κ1) is 19.8. The molecule has 0 saturated heterocycles. The molecular weight excluding hydrogens is 380 g/mol. The maximum absolute atomic E-state index is 5.99. The molecule has 2 aromatic heterocycles. The fraction of sp³-hybridized carbons (Fsp3) is 0.261. The molecule has 7 nitrogen and oxygen atoms in total. The van der Waals surface area contributed by atoms with Gasteiger partial charge in [0.1, 0.15) is 29.3 Å². The Morgan fingerprint density at radius 3 is 2.57 bits per heavy atom. The zero-order valence-corrected chi connectivity index (χ0v) is 17.6. The van der Waals surface area contributed by atoms with Gasteiger partial charge in [0.25, 0.3) is 11.8 Å². The number of rotatable bonds is 7. The molecule has 1 unspecified atom stereocenters. The second kappa shape index (κ2) is 8.51. The van der Waals surface area contributed by atoms with E-state index in [-0.39, 0.29) is 0 Å². The molecule has 0 aliphatic heterocycles. The van der Waals surface area contributed by atoms with E-state index in [1.807, 2.05) is 49.4 Å². The number of methoxy groups -OCH3 is 1. The maximum Gasteiger partial charge on any atom is 0.271 e. The lowest BCUT2D eigenvalue weighted by atomic mass is 10.1. The minimum Gasteiger partial charge on any atom is -0.496 e. The van der Waals surface area contributed by atoms with Gasteiger partial charge >= 0.3 is 0 Å². The number of aromatic nitrogens is 3. The number of nitrogens with one attached hydrogen (secondary N) is 1. The van der Waals surface area contributed by atoms with Crippen molar-refractivity contribution in [2.24, 2.45) is 0 Å². The van der Waals surface area contributed by atoms with E-state index >= 15 is 0 Å². The Morgan fingerprint density at radius 1 is 1.00 bits per heavy atom. The van der Waals surface area contributed by atoms with Gasteiger partial charge in [-0.1, -0.05) is 47.1 Å². The van der Waals surface area contributed by atoms with Crippen LogP contribution in [0.5, 0.6) is 5.75 Å². The molecule has 0 saturated carbocycles. The van der Waals surface area contributed by atoms with E-state index in [0.29, 0.717) is 29.8 Å². The number of aryl methyl sites for hydroxylation is 2. The van der Waals surface area contributed by atoms with Gasteiger partial charge in [-0.2, -0.15) is 0 Å². The van der Waals surface area contributed by atoms with Crippen molar-refractivity contribution in [2.45, 2.75) is 26.9 Å². The van der Waals surface area contributed by atoms with Gasteiger partial charge in [0.15, 0.2) is 6.54 Å². The van der Waals surface area contributed by atoms with Gasteiger partial charge in [-0.3, -0.25) is 0 Å². The first-order valence-corrected chi connectivity index (χ1v) is 9.84. The molecule has 0 fully saturated rings. The van der Waals surface area contributed by atoms with Crippen LogP contribution >= 0.6 is 0 Å². The molecule has 7 heteroatoms. The van der Waals surface area contributed by atoms with E-state index < -0.39 is 0 Å². The van der Waals surface area contributed by atoms with Crippen LogP contribution in [0.2, 0.25) is 0 Å². The Balaban J connectivity index is 1.53. The average Bonchev–Trinajstić information content (AvgIpc) is 3.35. The molecule has 0 amide bonds. The maximum atomic E-state index is 5.99. The van der Waals surface area contributed by atoms with E-state index in [1.54, 1.807) is 7.11 Å². The summed E-state index contributed by atoms with van der Waals surface area (Å²) in [6.07, 6.45) is 0. The summed E-state index contributed by atoms with van der Waals surface area (Å²) in [6, 6.07) is 16.0. The predicted molar refractivity (Wildman–Crippen MR) is 112 cm³/mol. The molecule has 0 aliphatic carbocycles. The highest BCUT2D eigenvalue weighted by atomic mass is 16.5. The van der Waals surface area contributed by atoms with Crippen LogP contribution < -0.4 is 9.64 Å². The largest absolute Gasteiger partial charge is 0.496 e. The number of benzene rings is 2. The monoisotopic (exact) mass is 405 g/mol. The predicted octanol–water partition coefficient (Wildman–Crippen LogP) is 3.23. The highest BCUT2D eigenvalue weighted by Crippen LogP contribution is 2.33. The third-order valence-electron chi connectivity index (χ3n) is 4.97. The van der Waals surface area contributed by atoms with Crippen LogP contribution in [0.1, 0.15) is 22.8 Å². The number of hydrogen-bond acceptors (Lipinski definition) is 6. The van der Waals surface area contributed by atoms with Crippen LogP contribution in [0.25, 0.3) is 22.7 Å². The number of ether oxygens (including phenoxy) is 1. The van der Waals surface area contributed by atoms with Crippen molar-refractivity contribution in [3.8, 4) is 28.5 Å². The molecule has 30 heavy (non-hydrogen) atoms. The third-order valence-corrected chi connectivity index (χ3v) is 4.97. The lowest BCUT2D eigenvalue weighted by Crippen LogP contribution is -3.06. The summed E-state index contributed by atoms with van der Waals surface area (Å²) in [5.74, 6) is 2.52. The smallest absolute Gasteiger partial charge is 0.271 e. The molecule has 4 aromatic rings. The third kappa shape index (κ3) is 4.11. The summed E-state index contributed by atoms with van der Waals surface area (Å²) in [6.45, 7) is 5.30. The number of hydrogen-bond donors (Lipinski definition) is 1. The number of nitrogens with zero attached hydrogens (tertiary/aromatic N) is 3. The number of quaternary nitrogens is 1. The second-order valence-corrected chi connectivity index (χ2v) is 7.46. The zero-order valence-electron chi connectivity index (χ0n) is 17.6. The lowest BCUT2D eigenvalue weighted by molar-refractivity contribution is -0.909. The van der Waals surface area contributed by atoms with E-state index in [4.69, 9.17) is 13.7 Å². The van der Waals surface area contributed by atoms with Gasteiger partial charge in [-0.25, -0.2) is 0 Å². The van der Waals surface area contributed by atoms with Crippen LogP contribution in [0, 0.1) is 13.8 Å². The highest BCUT2D eigenvalue weighted by molar-refractivity contribution is 5.77. The molecular formula is C23H25N4O3+. The molecule has 154 valence electrons. The SMILES string of the molecule is COc1ccc(C)cc1C[NH+](C)Cc1nnc(-c2c(-c3ccccc3)noc2C)o1. The summed E-state index contributed by atoms with van der Waals surface area (Å²) in [7, 11) is 3.78. The van der Waals surface area contributed by atoms with Crippen molar-refractivity contribution in [3.05, 3.63) is 71.3 Å². The van der Waals surface area contributed by atoms with E-state index in [0.717, 1.165) is 29.0 Å². The molecule has 1 N–H and O–H groups in total. The molecule has 0 bridgehead atoms. The average molecular weight is 405 g/mol. The first-order chi connectivity index (χ1) is 14.5. The molecule has 2 aromatic carbocycles. The minimum absolute atomic E-state index is 0.420. The van der Waals surface area contributed by atoms with Crippen LogP contribution in [-0.2, 0) is 13.1 Å². The second-order valence-electron chi connectivity index (χ2n) is 7.46. The summed E-state index contributed by atoms with van der Waals surface area (Å²) < 4.78 is 16.9. The standard InChI is InChI=1S/C23H24N4O3/c1-15-10-11-19(28-4)18(12-15)13-27(3)14-20-24-25-23(29-20)21-16(2)30-26-22(21)17-8-6-5-7-9-17/h5-12H,13-14H2,1-4H3/p+1. The van der Waals surface area contributed by atoms with Gasteiger partial charge in [0, 0.05) is 11.1 Å². The molecule has 2 heterocycles. The normalized spacial score (nSPS) is 12.1. The van der Waals surface area contributed by atoms with Crippen molar-refractivity contribution in [2.75, 3.05) is 14.2 Å². The topological polar surface area (TPSA) is 78.6 Å². The van der Waals surface area contributed by atoms with E-state index in [2.05, 4.69) is 35.4 Å². The Labute approximate surface area is 175 Å². The van der Waals surface area contributed by atoms with Crippen LogP contribution in [-0.4, -0.2) is 29.5 Å². The molecule has 0 radical (unpaired) electrons. The van der Waals surface area contributed by atoms with Crippen molar-refractivity contribution < 1.29 is 18.6 Å². The van der Waals surface area contributed by atoms with Crippen LogP contribution in [0.15, 0.2) is 57.5 Å². The van der Waals surface area contributed by atoms with Crippen molar-refractivity contribution in [1.29, 1.82) is 0 Å². The molecule has 0 spiro atoms. The molecule has 1 atom stereocenters. The fourth-order valence-electron chi connectivity index (χ4n) is 3.53. The minimum atomic E-state index is 0.420. The van der Waals surface area contributed by atoms with Crippen molar-refractivity contribution >= 4 is 0 Å². The summed E-state index contributed by atoms with van der Waals surface area (Å²) in [5, 5.41) is 12.7. The zero-order chi connectivity index (χ0) is 21.1. The lowest BCUT2D eigenvalue weighted by Gasteiger charge is -2.14. The van der Waals surface area contributed by atoms with Crippen LogP contribution in [0.4, 0.5) is 0 Å². The first-order valence-electron chi connectivity index (χ1n) is 9.84. The quantitative estimate of drug-likeness (QED) is 0.509. The molecule has 4 rings (SSSR count). The fourth-order valence-corrected chi connectivity index (χ4v) is 3.53. The van der Waals surface area contributed by atoms with E-state index in [1.165, 1.54) is 10.5 Å². The van der Waals surface area contributed by atoms with Gasteiger partial charge < -0.3 is 18.6 Å². The van der Waals surface area contributed by atoms with Crippen molar-refractivity contribution in [3.63, 3.8) is 0 Å². The van der Waals surface area contributed by atoms with Gasteiger partial charge in [0.05, 0.1) is 14.2 Å². The Hall–Kier alpha value is -3.45. The van der Waals surface area contributed by atoms with Gasteiger partial charge in [-0.05, 0) is 26.0 Å².